The van der Waals surface area contributed by atoms with Gasteiger partial charge in [-0.2, -0.15) is 12.7 Å². The van der Waals surface area contributed by atoms with Gasteiger partial charge in [-0.15, -0.1) is 4.98 Å². The minimum atomic E-state index is -4.10. The molecular weight excluding hydrogens is 459 g/mol. The summed E-state index contributed by atoms with van der Waals surface area (Å²) in [5.41, 5.74) is 1.56. The largest absolute Gasteiger partial charge is 0.361 e. The third-order valence-corrected chi connectivity index (χ3v) is 7.35. The van der Waals surface area contributed by atoms with Crippen molar-refractivity contribution in [3.63, 3.8) is 0 Å². The molecule has 2 aromatic rings. The van der Waals surface area contributed by atoms with E-state index in [2.05, 4.69) is 24.8 Å². The summed E-state index contributed by atoms with van der Waals surface area (Å²) in [5.74, 6) is -0.577. The molecule has 0 bridgehead atoms. The van der Waals surface area contributed by atoms with E-state index < -0.39 is 22.1 Å². The number of benzene rings is 1. The molecule has 2 heterocycles. The second kappa shape index (κ2) is 10.5. The molecule has 9 nitrogen and oxygen atoms in total. The van der Waals surface area contributed by atoms with Gasteiger partial charge < -0.3 is 15.1 Å². The number of carbonyl (C=O) groups excluding carboxylic acids is 1. The molecule has 1 atom stereocenters. The van der Waals surface area contributed by atoms with Crippen molar-refractivity contribution in [1.29, 1.82) is 0 Å². The highest BCUT2D eigenvalue weighted by molar-refractivity contribution is 7.87. The first-order chi connectivity index (χ1) is 16.0. The number of hydrogen-bond donors (Lipinski definition) is 2. The molecule has 0 radical (unpaired) electrons. The SMILES string of the molecule is [C-]#[N+]c1cc(-c2cc(F)cc(C(C)C)c2NC(=O)NS(=O)(=O)N(C)CC2CCCN2C)ccn1. The van der Waals surface area contributed by atoms with Gasteiger partial charge in [0.05, 0.1) is 5.69 Å². The van der Waals surface area contributed by atoms with Gasteiger partial charge in [0.25, 0.3) is 5.82 Å². The van der Waals surface area contributed by atoms with Crippen LogP contribution in [0.4, 0.5) is 20.7 Å². The van der Waals surface area contributed by atoms with Gasteiger partial charge in [0.1, 0.15) is 12.0 Å². The Morgan fingerprint density at radius 2 is 2.12 bits per heavy atom. The Bertz CT molecular complexity index is 1210. The number of rotatable bonds is 7. The van der Waals surface area contributed by atoms with Gasteiger partial charge in [0, 0.05) is 25.2 Å². The monoisotopic (exact) mass is 488 g/mol. The summed E-state index contributed by atoms with van der Waals surface area (Å²) in [6.07, 6.45) is 3.31. The normalized spacial score (nSPS) is 16.6. The van der Waals surface area contributed by atoms with Crippen LogP contribution in [0.3, 0.4) is 0 Å². The van der Waals surface area contributed by atoms with Crippen LogP contribution >= 0.6 is 0 Å². The van der Waals surface area contributed by atoms with Gasteiger partial charge in [-0.05, 0) is 67.7 Å². The molecule has 1 aromatic heterocycles. The smallest absolute Gasteiger partial charge is 0.333 e. The molecule has 0 spiro atoms. The Kier molecular flexibility index (Phi) is 7.86. The van der Waals surface area contributed by atoms with E-state index in [0.717, 1.165) is 23.7 Å². The number of likely N-dealkylation sites (N-methyl/N-ethyl adjacent to an activating group) is 2. The van der Waals surface area contributed by atoms with Crippen LogP contribution in [-0.4, -0.2) is 61.9 Å². The van der Waals surface area contributed by atoms with Crippen molar-refractivity contribution in [2.24, 2.45) is 0 Å². The zero-order valence-corrected chi connectivity index (χ0v) is 20.5. The second-order valence-electron chi connectivity index (χ2n) is 8.71. The number of nitrogens with one attached hydrogen (secondary N) is 2. The van der Waals surface area contributed by atoms with Crippen molar-refractivity contribution in [1.82, 2.24) is 18.9 Å². The molecule has 1 aromatic carbocycles. The molecule has 11 heteroatoms. The van der Waals surface area contributed by atoms with Gasteiger partial charge in [-0.25, -0.2) is 13.9 Å². The van der Waals surface area contributed by atoms with Gasteiger partial charge in [-0.3, -0.25) is 0 Å². The quantitative estimate of drug-likeness (QED) is 0.575. The van der Waals surface area contributed by atoms with Crippen LogP contribution in [0.2, 0.25) is 0 Å². The number of halogens is 1. The number of pyridine rings is 1. The number of nitrogens with zero attached hydrogens (tertiary/aromatic N) is 4. The third kappa shape index (κ3) is 5.88. The Hall–Kier alpha value is -3.07. The molecule has 1 unspecified atom stereocenters. The fourth-order valence-corrected chi connectivity index (χ4v) is 4.85. The molecule has 2 amide bonds. The topological polar surface area (TPSA) is 99.0 Å². The highest BCUT2D eigenvalue weighted by atomic mass is 32.2. The van der Waals surface area contributed by atoms with E-state index in [0.29, 0.717) is 16.7 Å². The summed E-state index contributed by atoms with van der Waals surface area (Å²) < 4.78 is 43.2. The predicted molar refractivity (Wildman–Crippen MR) is 129 cm³/mol. The first-order valence-corrected chi connectivity index (χ1v) is 12.4. The molecule has 3 rings (SSSR count). The van der Waals surface area contributed by atoms with E-state index >= 15 is 0 Å². The number of likely N-dealkylation sites (tertiary alicyclic amines) is 1. The minimum absolute atomic E-state index is 0.0872. The predicted octanol–water partition coefficient (Wildman–Crippen LogP) is 3.95. The number of hydrogen-bond acceptors (Lipinski definition) is 5. The molecule has 2 N–H and O–H groups in total. The number of aromatic nitrogens is 1. The summed E-state index contributed by atoms with van der Waals surface area (Å²) >= 11 is 0. The van der Waals surface area contributed by atoms with Crippen LogP contribution in [0.25, 0.3) is 16.0 Å². The van der Waals surface area contributed by atoms with Crippen molar-refractivity contribution in [2.75, 3.05) is 32.5 Å². The fraction of sp³-hybridized carbons (Fsp3) is 0.435. The zero-order valence-electron chi connectivity index (χ0n) is 19.7. The Labute approximate surface area is 200 Å². The average molecular weight is 489 g/mol. The number of anilines is 1. The van der Waals surface area contributed by atoms with Gasteiger partial charge in [-0.1, -0.05) is 20.4 Å². The Morgan fingerprint density at radius 3 is 2.74 bits per heavy atom. The van der Waals surface area contributed by atoms with Gasteiger partial charge in [0.2, 0.25) is 0 Å². The molecule has 182 valence electrons. The molecule has 0 saturated carbocycles. The molecule has 1 fully saturated rings. The van der Waals surface area contributed by atoms with Crippen molar-refractivity contribution >= 4 is 27.7 Å². The maximum absolute atomic E-state index is 14.5. The molecule has 1 aliphatic heterocycles. The Morgan fingerprint density at radius 1 is 1.38 bits per heavy atom. The van der Waals surface area contributed by atoms with E-state index in [1.807, 2.05) is 20.9 Å². The maximum Gasteiger partial charge on any atom is 0.333 e. The summed E-state index contributed by atoms with van der Waals surface area (Å²) in [4.78, 5) is 22.1. The minimum Gasteiger partial charge on any atom is -0.361 e. The molecule has 1 aliphatic rings. The third-order valence-electron chi connectivity index (χ3n) is 5.94. The molecule has 34 heavy (non-hydrogen) atoms. The number of amides is 2. The molecule has 0 aliphatic carbocycles. The lowest BCUT2D eigenvalue weighted by Crippen LogP contribution is -2.47. The highest BCUT2D eigenvalue weighted by Crippen LogP contribution is 2.36. The lowest BCUT2D eigenvalue weighted by Gasteiger charge is -2.25. The van der Waals surface area contributed by atoms with Crippen molar-refractivity contribution in [3.8, 4) is 11.1 Å². The fourth-order valence-electron chi connectivity index (χ4n) is 4.04. The zero-order chi connectivity index (χ0) is 25.0. The Balaban J connectivity index is 1.88. The van der Waals surface area contributed by atoms with Crippen molar-refractivity contribution in [2.45, 2.75) is 38.6 Å². The van der Waals surface area contributed by atoms with Crippen LogP contribution in [-0.2, 0) is 10.2 Å². The van der Waals surface area contributed by atoms with Crippen LogP contribution < -0.4 is 10.0 Å². The number of urea groups is 1. The lowest BCUT2D eigenvalue weighted by molar-refractivity contribution is 0.253. The highest BCUT2D eigenvalue weighted by Gasteiger charge is 2.28. The van der Waals surface area contributed by atoms with E-state index in [9.17, 15) is 17.6 Å². The summed E-state index contributed by atoms with van der Waals surface area (Å²) in [6, 6.07) is 4.75. The first-order valence-electron chi connectivity index (χ1n) is 10.9. The van der Waals surface area contributed by atoms with E-state index in [-0.39, 0.29) is 30.0 Å². The van der Waals surface area contributed by atoms with Crippen LogP contribution in [0.1, 0.15) is 38.2 Å². The van der Waals surface area contributed by atoms with Crippen molar-refractivity contribution in [3.05, 3.63) is 53.3 Å². The van der Waals surface area contributed by atoms with E-state index in [1.165, 1.54) is 31.4 Å². The standard InChI is InChI=1S/C23H29FN6O3S/c1-15(2)19-12-17(24)13-20(16-8-9-26-21(11-16)25-3)22(19)27-23(31)28-34(32,33)30(5)14-18-7-6-10-29(18)4/h8-9,11-13,15,18H,6-7,10,14H2,1-2,4-5H3,(H2,27,28,31). The molecule has 1 saturated heterocycles. The van der Waals surface area contributed by atoms with Gasteiger partial charge >= 0.3 is 16.2 Å². The first kappa shape index (κ1) is 25.6. The average Bonchev–Trinajstić information content (AvgIpc) is 3.18. The summed E-state index contributed by atoms with van der Waals surface area (Å²) in [5, 5.41) is 2.61. The maximum atomic E-state index is 14.5. The summed E-state index contributed by atoms with van der Waals surface area (Å²) in [7, 11) is -0.730. The lowest BCUT2D eigenvalue weighted by atomic mass is 9.94. The van der Waals surface area contributed by atoms with E-state index in [4.69, 9.17) is 6.57 Å². The van der Waals surface area contributed by atoms with E-state index in [1.54, 1.807) is 6.07 Å². The van der Waals surface area contributed by atoms with Crippen LogP contribution in [0.15, 0.2) is 30.5 Å². The number of carbonyl (C=O) groups is 1. The molecular formula is C23H29FN6O3S. The van der Waals surface area contributed by atoms with Crippen molar-refractivity contribution < 1.29 is 17.6 Å². The second-order valence-corrected chi connectivity index (χ2v) is 10.5. The van der Waals surface area contributed by atoms with Crippen LogP contribution in [0, 0.1) is 12.4 Å². The van der Waals surface area contributed by atoms with Crippen LogP contribution in [0.5, 0.6) is 0 Å². The summed E-state index contributed by atoms with van der Waals surface area (Å²) in [6.45, 7) is 12.0. The van der Waals surface area contributed by atoms with Gasteiger partial charge in [0.15, 0.2) is 0 Å².